The summed E-state index contributed by atoms with van der Waals surface area (Å²) in [4.78, 5) is 16.9. The molecule has 0 heterocycles. The molecule has 0 radical (unpaired) electrons. The van der Waals surface area contributed by atoms with Crippen LogP contribution in [0.25, 0.3) is 0 Å². The zero-order chi connectivity index (χ0) is 22.5. The molecule has 1 aliphatic carbocycles. The van der Waals surface area contributed by atoms with Crippen LogP contribution in [0.3, 0.4) is 0 Å². The van der Waals surface area contributed by atoms with E-state index >= 15 is 0 Å². The topological polar surface area (TPSA) is 47.6 Å². The Balaban J connectivity index is 1.34. The number of hydrogen-bond acceptors (Lipinski definition) is 3. The molecule has 0 saturated carbocycles. The summed E-state index contributed by atoms with van der Waals surface area (Å²) in [5.41, 5.74) is 6.54. The van der Waals surface area contributed by atoms with Gasteiger partial charge in [0.15, 0.2) is 0 Å². The zero-order valence-corrected chi connectivity index (χ0v) is 19.1. The Morgan fingerprint density at radius 2 is 1.50 bits per heavy atom. The van der Waals surface area contributed by atoms with Crippen molar-refractivity contribution in [2.75, 3.05) is 43.2 Å². The molecule has 2 amide bonds. The quantitative estimate of drug-likeness (QED) is 0.524. The third-order valence-corrected chi connectivity index (χ3v) is 6.07. The van der Waals surface area contributed by atoms with Crippen LogP contribution in [0.5, 0.6) is 0 Å². The standard InChI is InChI=1S/C27H32N4O/c1-30(2)19-20-9-10-22-18-24(12-11-21(22)17-20)29-27(32)28-23-13-15-26(16-14-23)31(3)25-7-5-4-6-8-25/h4-8,11-16,18,20H,9-10,17,19H2,1-3H3,(H2,28,29,32). The van der Waals surface area contributed by atoms with Gasteiger partial charge >= 0.3 is 6.03 Å². The molecule has 1 unspecified atom stereocenters. The number of rotatable bonds is 6. The number of nitrogens with zero attached hydrogens (tertiary/aromatic N) is 2. The van der Waals surface area contributed by atoms with Gasteiger partial charge in [-0.25, -0.2) is 4.79 Å². The minimum Gasteiger partial charge on any atom is -0.345 e. The maximum absolute atomic E-state index is 12.5. The van der Waals surface area contributed by atoms with Gasteiger partial charge in [0, 0.05) is 36.3 Å². The fraction of sp³-hybridized carbons (Fsp3) is 0.296. The van der Waals surface area contributed by atoms with Gasteiger partial charge in [-0.2, -0.15) is 0 Å². The molecule has 0 aromatic heterocycles. The van der Waals surface area contributed by atoms with Gasteiger partial charge in [-0.1, -0.05) is 24.3 Å². The highest BCUT2D eigenvalue weighted by molar-refractivity contribution is 5.99. The summed E-state index contributed by atoms with van der Waals surface area (Å²) in [6.07, 6.45) is 3.38. The molecule has 0 spiro atoms. The molecule has 0 saturated heterocycles. The second-order valence-electron chi connectivity index (χ2n) is 8.88. The molecule has 166 valence electrons. The van der Waals surface area contributed by atoms with Crippen LogP contribution < -0.4 is 15.5 Å². The van der Waals surface area contributed by atoms with Gasteiger partial charge in [-0.05, 0) is 98.9 Å². The molecule has 1 aliphatic rings. The number of anilines is 4. The highest BCUT2D eigenvalue weighted by Crippen LogP contribution is 2.28. The van der Waals surface area contributed by atoms with Gasteiger partial charge in [0.25, 0.3) is 0 Å². The van der Waals surface area contributed by atoms with E-state index in [-0.39, 0.29) is 6.03 Å². The van der Waals surface area contributed by atoms with Crippen molar-refractivity contribution in [1.82, 2.24) is 4.90 Å². The molecule has 3 aromatic rings. The van der Waals surface area contributed by atoms with Crippen molar-refractivity contribution in [3.8, 4) is 0 Å². The first-order valence-electron chi connectivity index (χ1n) is 11.2. The maximum Gasteiger partial charge on any atom is 0.323 e. The monoisotopic (exact) mass is 428 g/mol. The fourth-order valence-corrected chi connectivity index (χ4v) is 4.44. The molecule has 5 nitrogen and oxygen atoms in total. The van der Waals surface area contributed by atoms with E-state index in [4.69, 9.17) is 0 Å². The minimum absolute atomic E-state index is 0.226. The lowest BCUT2D eigenvalue weighted by Gasteiger charge is -2.27. The lowest BCUT2D eigenvalue weighted by atomic mass is 9.83. The SMILES string of the molecule is CN(C)CC1CCc2cc(NC(=O)Nc3ccc(N(C)c4ccccc4)cc3)ccc2C1. The number of fused-ring (bicyclic) bond motifs is 1. The lowest BCUT2D eigenvalue weighted by Crippen LogP contribution is -2.26. The summed E-state index contributed by atoms with van der Waals surface area (Å²) in [5, 5.41) is 5.91. The summed E-state index contributed by atoms with van der Waals surface area (Å²) in [7, 11) is 6.30. The number of carbonyl (C=O) groups excluding carboxylic acids is 1. The Hall–Kier alpha value is -3.31. The van der Waals surface area contributed by atoms with E-state index < -0.39 is 0 Å². The first-order valence-corrected chi connectivity index (χ1v) is 11.2. The second kappa shape index (κ2) is 9.88. The fourth-order valence-electron chi connectivity index (χ4n) is 4.44. The highest BCUT2D eigenvalue weighted by atomic mass is 16.2. The molecule has 0 bridgehead atoms. The Kier molecular flexibility index (Phi) is 6.76. The number of urea groups is 1. The highest BCUT2D eigenvalue weighted by Gasteiger charge is 2.19. The van der Waals surface area contributed by atoms with Crippen LogP contribution in [-0.4, -0.2) is 38.6 Å². The average molecular weight is 429 g/mol. The van der Waals surface area contributed by atoms with Crippen LogP contribution >= 0.6 is 0 Å². The number of nitrogens with one attached hydrogen (secondary N) is 2. The third kappa shape index (κ3) is 5.48. The van der Waals surface area contributed by atoms with E-state index in [2.05, 4.69) is 58.8 Å². The van der Waals surface area contributed by atoms with Gasteiger partial charge in [-0.15, -0.1) is 0 Å². The molecule has 5 heteroatoms. The summed E-state index contributed by atoms with van der Waals surface area (Å²) >= 11 is 0. The van der Waals surface area contributed by atoms with Gasteiger partial charge in [-0.3, -0.25) is 0 Å². The number of carbonyl (C=O) groups is 1. The van der Waals surface area contributed by atoms with E-state index in [0.717, 1.165) is 42.1 Å². The van der Waals surface area contributed by atoms with Crippen LogP contribution in [-0.2, 0) is 12.8 Å². The number of benzene rings is 3. The molecule has 0 aliphatic heterocycles. The molecule has 3 aromatic carbocycles. The second-order valence-corrected chi connectivity index (χ2v) is 8.88. The third-order valence-electron chi connectivity index (χ3n) is 6.07. The van der Waals surface area contributed by atoms with Crippen LogP contribution in [0.2, 0.25) is 0 Å². The number of hydrogen-bond donors (Lipinski definition) is 2. The number of aryl methyl sites for hydroxylation is 1. The van der Waals surface area contributed by atoms with E-state index in [9.17, 15) is 4.79 Å². The van der Waals surface area contributed by atoms with Crippen LogP contribution in [0.1, 0.15) is 17.5 Å². The van der Waals surface area contributed by atoms with Crippen molar-refractivity contribution in [1.29, 1.82) is 0 Å². The Labute approximate surface area is 191 Å². The molecule has 2 N–H and O–H groups in total. The van der Waals surface area contributed by atoms with Gasteiger partial charge in [0.2, 0.25) is 0 Å². The van der Waals surface area contributed by atoms with Crippen molar-refractivity contribution in [3.05, 3.63) is 83.9 Å². The van der Waals surface area contributed by atoms with Crippen LogP contribution in [0, 0.1) is 5.92 Å². The van der Waals surface area contributed by atoms with Gasteiger partial charge in [0.1, 0.15) is 0 Å². The number of amides is 2. The van der Waals surface area contributed by atoms with E-state index in [1.165, 1.54) is 17.5 Å². The predicted octanol–water partition coefficient (Wildman–Crippen LogP) is 5.77. The number of para-hydroxylation sites is 1. The van der Waals surface area contributed by atoms with Crippen molar-refractivity contribution >= 4 is 28.8 Å². The van der Waals surface area contributed by atoms with Crippen molar-refractivity contribution < 1.29 is 4.79 Å². The summed E-state index contributed by atoms with van der Waals surface area (Å²) in [6.45, 7) is 1.13. The maximum atomic E-state index is 12.5. The molecule has 32 heavy (non-hydrogen) atoms. The van der Waals surface area contributed by atoms with Crippen molar-refractivity contribution in [2.45, 2.75) is 19.3 Å². The van der Waals surface area contributed by atoms with E-state index in [1.807, 2.05) is 55.6 Å². The Bertz CT molecular complexity index is 1050. The molecular weight excluding hydrogens is 396 g/mol. The normalized spacial score (nSPS) is 15.2. The predicted molar refractivity (Wildman–Crippen MR) is 134 cm³/mol. The van der Waals surface area contributed by atoms with Crippen LogP contribution in [0.4, 0.5) is 27.5 Å². The largest absolute Gasteiger partial charge is 0.345 e. The van der Waals surface area contributed by atoms with Crippen molar-refractivity contribution in [2.24, 2.45) is 5.92 Å². The summed E-state index contributed by atoms with van der Waals surface area (Å²) < 4.78 is 0. The first-order chi connectivity index (χ1) is 15.5. The summed E-state index contributed by atoms with van der Waals surface area (Å²) in [5.74, 6) is 0.712. The first kappa shape index (κ1) is 21.9. The molecule has 4 rings (SSSR count). The molecule has 0 fully saturated rings. The smallest absolute Gasteiger partial charge is 0.323 e. The summed E-state index contributed by atoms with van der Waals surface area (Å²) in [6, 6.07) is 24.1. The average Bonchev–Trinajstić information content (AvgIpc) is 2.79. The Morgan fingerprint density at radius 1 is 0.844 bits per heavy atom. The molecular formula is C27H32N4O. The van der Waals surface area contributed by atoms with E-state index in [1.54, 1.807) is 0 Å². The molecule has 1 atom stereocenters. The minimum atomic E-state index is -0.226. The Morgan fingerprint density at radius 3 is 2.22 bits per heavy atom. The van der Waals surface area contributed by atoms with Gasteiger partial charge < -0.3 is 20.4 Å². The zero-order valence-electron chi connectivity index (χ0n) is 19.1. The van der Waals surface area contributed by atoms with Crippen molar-refractivity contribution in [3.63, 3.8) is 0 Å². The van der Waals surface area contributed by atoms with Gasteiger partial charge in [0.05, 0.1) is 0 Å². The van der Waals surface area contributed by atoms with E-state index in [0.29, 0.717) is 5.92 Å². The lowest BCUT2D eigenvalue weighted by molar-refractivity contribution is 0.262. The van der Waals surface area contributed by atoms with Crippen LogP contribution in [0.15, 0.2) is 72.8 Å².